The Morgan fingerprint density at radius 2 is 2.04 bits per heavy atom. The topological polar surface area (TPSA) is 61.5 Å². The van der Waals surface area contributed by atoms with Crippen molar-refractivity contribution in [3.63, 3.8) is 0 Å². The molecule has 1 N–H and O–H groups in total. The normalized spacial score (nSPS) is 17.7. The van der Waals surface area contributed by atoms with Gasteiger partial charge in [-0.25, -0.2) is 0 Å². The van der Waals surface area contributed by atoms with Crippen LogP contribution in [0.4, 0.5) is 0 Å². The van der Waals surface area contributed by atoms with Gasteiger partial charge in [0.25, 0.3) is 5.91 Å². The van der Waals surface area contributed by atoms with Gasteiger partial charge in [0.1, 0.15) is 5.84 Å². The fourth-order valence-electron chi connectivity index (χ4n) is 3.16. The van der Waals surface area contributed by atoms with Crippen LogP contribution in [-0.2, 0) is 4.79 Å². The number of amides is 1. The molecular weight excluding hydrogens is 403 g/mol. The minimum atomic E-state index is -0.409. The number of amidine groups is 2. The molecule has 2 aromatic rings. The largest absolute Gasteiger partial charge is 0.316 e. The smallest absolute Gasteiger partial charge is 0.283 e. The molecule has 0 bridgehead atoms. The Hall–Kier alpha value is -2.28. The summed E-state index contributed by atoms with van der Waals surface area (Å²) in [6.45, 7) is 3.89. The third-order valence-electron chi connectivity index (χ3n) is 4.46. The first-order valence-electron chi connectivity index (χ1n) is 8.08. The zero-order valence-corrected chi connectivity index (χ0v) is 16.8. The van der Waals surface area contributed by atoms with E-state index >= 15 is 0 Å². The average Bonchev–Trinajstić information content (AvgIpc) is 3.19. The van der Waals surface area contributed by atoms with E-state index in [2.05, 4.69) is 4.99 Å². The lowest BCUT2D eigenvalue weighted by Gasteiger charge is -2.22. The Morgan fingerprint density at radius 1 is 1.26 bits per heavy atom. The first-order valence-corrected chi connectivity index (χ1v) is 9.71. The summed E-state index contributed by atoms with van der Waals surface area (Å²) in [5, 5.41) is 11.6. The summed E-state index contributed by atoms with van der Waals surface area (Å²) >= 11 is 13.9. The van der Waals surface area contributed by atoms with Crippen LogP contribution in [0.5, 0.6) is 0 Å². The van der Waals surface area contributed by atoms with Crippen LogP contribution in [0.1, 0.15) is 17.0 Å². The summed E-state index contributed by atoms with van der Waals surface area (Å²) in [6, 6.07) is 7.42. The van der Waals surface area contributed by atoms with Gasteiger partial charge < -0.3 is 4.57 Å². The first-order chi connectivity index (χ1) is 12.9. The molecule has 27 heavy (non-hydrogen) atoms. The molecule has 1 amide bonds. The van der Waals surface area contributed by atoms with Gasteiger partial charge in [0.2, 0.25) is 0 Å². The van der Waals surface area contributed by atoms with Crippen LogP contribution in [0.15, 0.2) is 46.4 Å². The molecule has 4 rings (SSSR count). The molecule has 0 aliphatic carbocycles. The predicted octanol–water partition coefficient (Wildman–Crippen LogP) is 5.18. The summed E-state index contributed by atoms with van der Waals surface area (Å²) < 4.78 is 1.98. The maximum Gasteiger partial charge on any atom is 0.283 e. The van der Waals surface area contributed by atoms with Crippen LogP contribution in [0, 0.1) is 19.3 Å². The fourth-order valence-corrected chi connectivity index (χ4v) is 4.24. The number of benzene rings is 1. The molecule has 8 heteroatoms. The van der Waals surface area contributed by atoms with Gasteiger partial charge in [-0.2, -0.15) is 4.99 Å². The molecule has 0 fully saturated rings. The molecule has 2 aliphatic rings. The number of fused-ring (bicyclic) bond motifs is 1. The third-order valence-corrected chi connectivity index (χ3v) is 6.02. The summed E-state index contributed by atoms with van der Waals surface area (Å²) in [7, 11) is 0. The van der Waals surface area contributed by atoms with Crippen LogP contribution in [-0.4, -0.2) is 26.4 Å². The molecule has 3 heterocycles. The number of hydrogen-bond acceptors (Lipinski definition) is 3. The quantitative estimate of drug-likeness (QED) is 0.686. The number of hydrogen-bond donors (Lipinski definition) is 1. The van der Waals surface area contributed by atoms with E-state index in [9.17, 15) is 4.79 Å². The molecule has 1 aromatic carbocycles. The van der Waals surface area contributed by atoms with Gasteiger partial charge >= 0.3 is 0 Å². The van der Waals surface area contributed by atoms with Crippen molar-refractivity contribution in [1.82, 2.24) is 9.47 Å². The van der Waals surface area contributed by atoms with E-state index in [1.807, 2.05) is 36.6 Å². The molecule has 0 unspecified atom stereocenters. The van der Waals surface area contributed by atoms with E-state index in [1.54, 1.807) is 28.7 Å². The van der Waals surface area contributed by atoms with Gasteiger partial charge in [-0.3, -0.25) is 15.1 Å². The summed E-state index contributed by atoms with van der Waals surface area (Å²) in [4.78, 5) is 18.1. The van der Waals surface area contributed by atoms with Gasteiger partial charge in [0.15, 0.2) is 5.17 Å². The lowest BCUT2D eigenvalue weighted by Crippen LogP contribution is -2.35. The molecule has 1 aromatic heterocycles. The number of nitrogens with zero attached hydrogens (tertiary/aromatic N) is 3. The second-order valence-corrected chi connectivity index (χ2v) is 7.77. The summed E-state index contributed by atoms with van der Waals surface area (Å²) in [6.07, 6.45) is 3.44. The number of aromatic nitrogens is 1. The average molecular weight is 417 g/mol. The van der Waals surface area contributed by atoms with Crippen molar-refractivity contribution < 1.29 is 4.79 Å². The molecule has 0 saturated carbocycles. The van der Waals surface area contributed by atoms with Crippen LogP contribution in [0.2, 0.25) is 10.0 Å². The standard InChI is InChI=1S/C19H14Cl2N4OS/c1-10-8-12(11(2)25(10)15-5-3-4-14(20)16(15)21)9-13-17(22)24-6-7-27-19(24)23-18(13)26/h3-9,22H,1-2H3. The van der Waals surface area contributed by atoms with Gasteiger partial charge in [-0.1, -0.05) is 41.0 Å². The van der Waals surface area contributed by atoms with Crippen LogP contribution >= 0.6 is 35.0 Å². The second kappa shape index (κ2) is 6.71. The lowest BCUT2D eigenvalue weighted by atomic mass is 10.1. The van der Waals surface area contributed by atoms with Gasteiger partial charge in [-0.15, -0.1) is 0 Å². The number of carbonyl (C=O) groups is 1. The zero-order chi connectivity index (χ0) is 19.3. The molecule has 0 atom stereocenters. The highest BCUT2D eigenvalue weighted by Gasteiger charge is 2.31. The van der Waals surface area contributed by atoms with Gasteiger partial charge in [0.05, 0.1) is 21.3 Å². The van der Waals surface area contributed by atoms with E-state index in [0.29, 0.717) is 15.2 Å². The predicted molar refractivity (Wildman–Crippen MR) is 112 cm³/mol. The molecule has 2 aliphatic heterocycles. The third kappa shape index (κ3) is 2.94. The highest BCUT2D eigenvalue weighted by Crippen LogP contribution is 2.33. The number of halogens is 2. The van der Waals surface area contributed by atoms with E-state index in [0.717, 1.165) is 22.6 Å². The maximum absolute atomic E-state index is 12.4. The number of aryl methyl sites for hydroxylation is 1. The number of carbonyl (C=O) groups excluding carboxylic acids is 1. The number of nitrogens with one attached hydrogen (secondary N) is 1. The minimum Gasteiger partial charge on any atom is -0.316 e. The van der Waals surface area contributed by atoms with E-state index in [1.165, 1.54) is 11.8 Å². The summed E-state index contributed by atoms with van der Waals surface area (Å²) in [5.74, 6) is -0.287. The highest BCUT2D eigenvalue weighted by molar-refractivity contribution is 8.16. The Labute approximate surface area is 170 Å². The Morgan fingerprint density at radius 3 is 2.81 bits per heavy atom. The van der Waals surface area contributed by atoms with Crippen molar-refractivity contribution in [2.45, 2.75) is 13.8 Å². The van der Waals surface area contributed by atoms with Crippen molar-refractivity contribution in [3.8, 4) is 5.69 Å². The monoisotopic (exact) mass is 416 g/mol. The molecule has 5 nitrogen and oxygen atoms in total. The molecule has 0 spiro atoms. The van der Waals surface area contributed by atoms with Crippen molar-refractivity contribution in [3.05, 3.63) is 68.4 Å². The Balaban J connectivity index is 1.82. The lowest BCUT2D eigenvalue weighted by molar-refractivity contribution is -0.114. The zero-order valence-electron chi connectivity index (χ0n) is 14.5. The van der Waals surface area contributed by atoms with Gasteiger partial charge in [0, 0.05) is 17.6 Å². The van der Waals surface area contributed by atoms with Gasteiger partial charge in [-0.05, 0) is 49.1 Å². The number of thioether (sulfide) groups is 1. The number of aliphatic imine (C=N–C) groups is 1. The SMILES string of the molecule is Cc1cc(C=C2C(=N)N3C=CSC3=NC2=O)c(C)n1-c1cccc(Cl)c1Cl. The Bertz CT molecular complexity index is 1100. The molecule has 136 valence electrons. The first kappa shape index (κ1) is 18.1. The maximum atomic E-state index is 12.4. The molecule has 0 saturated heterocycles. The van der Waals surface area contributed by atoms with Crippen LogP contribution < -0.4 is 0 Å². The number of rotatable bonds is 2. The molecular formula is C19H14Cl2N4OS. The van der Waals surface area contributed by atoms with E-state index in [-0.39, 0.29) is 11.4 Å². The van der Waals surface area contributed by atoms with Crippen molar-refractivity contribution in [2.75, 3.05) is 0 Å². The summed E-state index contributed by atoms with van der Waals surface area (Å²) in [5.41, 5.74) is 3.69. The second-order valence-electron chi connectivity index (χ2n) is 6.11. The van der Waals surface area contributed by atoms with Crippen LogP contribution in [0.3, 0.4) is 0 Å². The Kier molecular flexibility index (Phi) is 4.50. The van der Waals surface area contributed by atoms with E-state index < -0.39 is 5.91 Å². The fraction of sp³-hybridized carbons (Fsp3) is 0.105. The van der Waals surface area contributed by atoms with E-state index in [4.69, 9.17) is 28.6 Å². The van der Waals surface area contributed by atoms with Crippen LogP contribution in [0.25, 0.3) is 11.8 Å². The van der Waals surface area contributed by atoms with Crippen molar-refractivity contribution in [2.24, 2.45) is 4.99 Å². The van der Waals surface area contributed by atoms with Crippen molar-refractivity contribution in [1.29, 1.82) is 5.41 Å². The highest BCUT2D eigenvalue weighted by atomic mass is 35.5. The minimum absolute atomic E-state index is 0.122. The van der Waals surface area contributed by atoms with Crippen molar-refractivity contribution >= 4 is 58.0 Å². The molecule has 0 radical (unpaired) electrons.